The van der Waals surface area contributed by atoms with Gasteiger partial charge in [0, 0.05) is 17.1 Å². The molecule has 1 aromatic heterocycles. The van der Waals surface area contributed by atoms with Crippen molar-refractivity contribution in [1.29, 1.82) is 0 Å². The molecule has 2 aromatic rings. The molecule has 0 unspecified atom stereocenters. The number of hydrogen-bond acceptors (Lipinski definition) is 3. The highest BCUT2D eigenvalue weighted by molar-refractivity contribution is 7.09. The van der Waals surface area contributed by atoms with E-state index in [4.69, 9.17) is 0 Å². The fourth-order valence-corrected chi connectivity index (χ4v) is 2.17. The molecular weight excluding hydrogens is 244 g/mol. The minimum atomic E-state index is -0.0551. The van der Waals surface area contributed by atoms with Crippen LogP contribution < -0.4 is 5.32 Å². The van der Waals surface area contributed by atoms with Crippen LogP contribution in [0.5, 0.6) is 0 Å². The molecular formula is C14H16N2OS. The third-order valence-electron chi connectivity index (χ3n) is 2.72. The van der Waals surface area contributed by atoms with E-state index in [1.54, 1.807) is 17.5 Å². The maximum absolute atomic E-state index is 11.9. The molecule has 0 aliphatic carbocycles. The lowest BCUT2D eigenvalue weighted by atomic mass is 10.0. The Morgan fingerprint density at radius 3 is 2.61 bits per heavy atom. The molecule has 18 heavy (non-hydrogen) atoms. The van der Waals surface area contributed by atoms with E-state index in [-0.39, 0.29) is 5.91 Å². The molecule has 0 spiro atoms. The summed E-state index contributed by atoms with van der Waals surface area (Å²) in [6.45, 7) is 4.76. The van der Waals surface area contributed by atoms with Gasteiger partial charge in [0.05, 0.1) is 6.54 Å². The van der Waals surface area contributed by atoms with E-state index in [0.717, 1.165) is 5.01 Å². The second-order valence-corrected chi connectivity index (χ2v) is 5.36. The molecule has 1 amide bonds. The van der Waals surface area contributed by atoms with Crippen LogP contribution in [-0.4, -0.2) is 10.9 Å². The predicted molar refractivity (Wildman–Crippen MR) is 73.8 cm³/mol. The van der Waals surface area contributed by atoms with Crippen LogP contribution in [0, 0.1) is 0 Å². The van der Waals surface area contributed by atoms with Crippen molar-refractivity contribution < 1.29 is 4.79 Å². The molecule has 0 aliphatic rings. The zero-order valence-electron chi connectivity index (χ0n) is 10.5. The Bertz CT molecular complexity index is 503. The Morgan fingerprint density at radius 2 is 2.06 bits per heavy atom. The second-order valence-electron chi connectivity index (χ2n) is 4.39. The SMILES string of the molecule is CC(C)c1ccc(C(=O)NCc2nccs2)cc1. The zero-order valence-corrected chi connectivity index (χ0v) is 11.3. The van der Waals surface area contributed by atoms with Crippen molar-refractivity contribution >= 4 is 17.2 Å². The predicted octanol–water partition coefficient (Wildman–Crippen LogP) is 3.20. The van der Waals surface area contributed by atoms with Crippen LogP contribution in [0.1, 0.15) is 40.7 Å². The lowest BCUT2D eigenvalue weighted by Crippen LogP contribution is -2.22. The van der Waals surface area contributed by atoms with Crippen molar-refractivity contribution in [1.82, 2.24) is 10.3 Å². The van der Waals surface area contributed by atoms with Gasteiger partial charge in [-0.05, 0) is 23.6 Å². The molecule has 0 atom stereocenters. The molecule has 1 N–H and O–H groups in total. The minimum Gasteiger partial charge on any atom is -0.346 e. The lowest BCUT2D eigenvalue weighted by molar-refractivity contribution is 0.0951. The number of hydrogen-bond donors (Lipinski definition) is 1. The molecule has 0 radical (unpaired) electrons. The van der Waals surface area contributed by atoms with Crippen molar-refractivity contribution in [2.45, 2.75) is 26.3 Å². The van der Waals surface area contributed by atoms with Crippen LogP contribution in [0.3, 0.4) is 0 Å². The van der Waals surface area contributed by atoms with Crippen molar-refractivity contribution in [3.63, 3.8) is 0 Å². The molecule has 2 rings (SSSR count). The summed E-state index contributed by atoms with van der Waals surface area (Å²) in [5.41, 5.74) is 1.93. The first-order valence-corrected chi connectivity index (χ1v) is 6.81. The van der Waals surface area contributed by atoms with Crippen LogP contribution in [0.4, 0.5) is 0 Å². The average Bonchev–Trinajstić information content (AvgIpc) is 2.89. The fourth-order valence-electron chi connectivity index (χ4n) is 1.62. The Kier molecular flexibility index (Phi) is 4.10. The molecule has 0 saturated heterocycles. The van der Waals surface area contributed by atoms with Gasteiger partial charge in [-0.3, -0.25) is 4.79 Å². The first-order chi connectivity index (χ1) is 8.66. The molecule has 94 valence electrons. The van der Waals surface area contributed by atoms with Gasteiger partial charge in [0.1, 0.15) is 5.01 Å². The van der Waals surface area contributed by atoms with Gasteiger partial charge in [-0.25, -0.2) is 4.98 Å². The maximum atomic E-state index is 11.9. The molecule has 1 heterocycles. The standard InChI is InChI=1S/C14H16N2OS/c1-10(2)11-3-5-12(6-4-11)14(17)16-9-13-15-7-8-18-13/h3-8,10H,9H2,1-2H3,(H,16,17). The molecule has 0 fully saturated rings. The molecule has 0 bridgehead atoms. The van der Waals surface area contributed by atoms with Crippen molar-refractivity contribution in [3.05, 3.63) is 52.0 Å². The fraction of sp³-hybridized carbons (Fsp3) is 0.286. The van der Waals surface area contributed by atoms with Crippen LogP contribution >= 0.6 is 11.3 Å². The second kappa shape index (κ2) is 5.78. The highest BCUT2D eigenvalue weighted by Gasteiger charge is 2.06. The zero-order chi connectivity index (χ0) is 13.0. The van der Waals surface area contributed by atoms with E-state index < -0.39 is 0 Å². The van der Waals surface area contributed by atoms with E-state index in [1.165, 1.54) is 5.56 Å². The Morgan fingerprint density at radius 1 is 1.33 bits per heavy atom. The lowest BCUT2D eigenvalue weighted by Gasteiger charge is -2.07. The Hall–Kier alpha value is -1.68. The summed E-state index contributed by atoms with van der Waals surface area (Å²) < 4.78 is 0. The Labute approximate surface area is 111 Å². The molecule has 3 nitrogen and oxygen atoms in total. The van der Waals surface area contributed by atoms with Gasteiger partial charge in [0.25, 0.3) is 5.91 Å². The highest BCUT2D eigenvalue weighted by atomic mass is 32.1. The number of aromatic nitrogens is 1. The summed E-state index contributed by atoms with van der Waals surface area (Å²) in [6, 6.07) is 7.74. The van der Waals surface area contributed by atoms with Gasteiger partial charge >= 0.3 is 0 Å². The van der Waals surface area contributed by atoms with E-state index in [9.17, 15) is 4.79 Å². The van der Waals surface area contributed by atoms with Crippen molar-refractivity contribution in [2.24, 2.45) is 0 Å². The van der Waals surface area contributed by atoms with Gasteiger partial charge in [-0.1, -0.05) is 26.0 Å². The number of nitrogens with zero attached hydrogens (tertiary/aromatic N) is 1. The topological polar surface area (TPSA) is 42.0 Å². The van der Waals surface area contributed by atoms with Crippen LogP contribution in [0.25, 0.3) is 0 Å². The number of nitrogens with one attached hydrogen (secondary N) is 1. The molecule has 4 heteroatoms. The Balaban J connectivity index is 1.96. The van der Waals surface area contributed by atoms with Crippen LogP contribution in [0.15, 0.2) is 35.8 Å². The van der Waals surface area contributed by atoms with E-state index in [2.05, 4.69) is 24.1 Å². The normalized spacial score (nSPS) is 10.6. The number of benzene rings is 1. The number of thiazole rings is 1. The maximum Gasteiger partial charge on any atom is 0.251 e. The third kappa shape index (κ3) is 3.17. The van der Waals surface area contributed by atoms with Gasteiger partial charge in [0.2, 0.25) is 0 Å². The smallest absolute Gasteiger partial charge is 0.251 e. The minimum absolute atomic E-state index is 0.0551. The van der Waals surface area contributed by atoms with Gasteiger partial charge < -0.3 is 5.32 Å². The first kappa shape index (κ1) is 12.8. The highest BCUT2D eigenvalue weighted by Crippen LogP contribution is 2.14. The molecule has 0 saturated carbocycles. The number of amides is 1. The quantitative estimate of drug-likeness (QED) is 0.917. The number of carbonyl (C=O) groups is 1. The van der Waals surface area contributed by atoms with Gasteiger partial charge in [-0.2, -0.15) is 0 Å². The van der Waals surface area contributed by atoms with E-state index in [1.807, 2.05) is 29.6 Å². The van der Waals surface area contributed by atoms with Gasteiger partial charge in [0.15, 0.2) is 0 Å². The largest absolute Gasteiger partial charge is 0.346 e. The van der Waals surface area contributed by atoms with Crippen molar-refractivity contribution in [2.75, 3.05) is 0 Å². The summed E-state index contributed by atoms with van der Waals surface area (Å²) in [7, 11) is 0. The summed E-state index contributed by atoms with van der Waals surface area (Å²) >= 11 is 1.54. The third-order valence-corrected chi connectivity index (χ3v) is 3.50. The van der Waals surface area contributed by atoms with E-state index >= 15 is 0 Å². The number of carbonyl (C=O) groups excluding carboxylic acids is 1. The van der Waals surface area contributed by atoms with Crippen molar-refractivity contribution in [3.8, 4) is 0 Å². The first-order valence-electron chi connectivity index (χ1n) is 5.93. The van der Waals surface area contributed by atoms with Gasteiger partial charge in [-0.15, -0.1) is 11.3 Å². The summed E-state index contributed by atoms with van der Waals surface area (Å²) in [5.74, 6) is 0.429. The van der Waals surface area contributed by atoms with Crippen LogP contribution in [-0.2, 0) is 6.54 Å². The molecule has 0 aliphatic heterocycles. The summed E-state index contributed by atoms with van der Waals surface area (Å²) in [5, 5.41) is 5.68. The summed E-state index contributed by atoms with van der Waals surface area (Å²) in [6.07, 6.45) is 1.74. The monoisotopic (exact) mass is 260 g/mol. The van der Waals surface area contributed by atoms with Crippen LogP contribution in [0.2, 0.25) is 0 Å². The van der Waals surface area contributed by atoms with E-state index in [0.29, 0.717) is 18.0 Å². The average molecular weight is 260 g/mol. The summed E-state index contributed by atoms with van der Waals surface area (Å²) in [4.78, 5) is 16.0. The number of rotatable bonds is 4. The molecule has 1 aromatic carbocycles.